The van der Waals surface area contributed by atoms with E-state index in [2.05, 4.69) is 47.0 Å². The molecule has 0 fully saturated rings. The van der Waals surface area contributed by atoms with Crippen molar-refractivity contribution in [2.45, 2.75) is 71.9 Å². The number of benzene rings is 2. The van der Waals surface area contributed by atoms with Crippen LogP contribution in [0.25, 0.3) is 0 Å². The number of halogens is 1. The molecular formula is C30H39FN6O2. The fourth-order valence-electron chi connectivity index (χ4n) is 4.70. The summed E-state index contributed by atoms with van der Waals surface area (Å²) in [4.78, 5) is 19.8. The summed E-state index contributed by atoms with van der Waals surface area (Å²) in [7, 11) is 1.80. The second-order valence-corrected chi connectivity index (χ2v) is 9.88. The van der Waals surface area contributed by atoms with E-state index in [4.69, 9.17) is 5.11 Å². The Labute approximate surface area is 230 Å². The summed E-state index contributed by atoms with van der Waals surface area (Å²) in [5.74, 6) is -0.705. The van der Waals surface area contributed by atoms with Gasteiger partial charge in [-0.1, -0.05) is 31.9 Å². The molecule has 0 unspecified atom stereocenters. The van der Waals surface area contributed by atoms with Crippen molar-refractivity contribution < 1.29 is 14.3 Å². The SMILES string of the molecule is CCCCCc1ccc(CN(Cc2cc(F)cc(C#N)c2)c2ncn(C)n2)c(N(CC)CCCCC(=O)O)c1. The number of aromatic nitrogens is 3. The first-order chi connectivity index (χ1) is 18.8. The van der Waals surface area contributed by atoms with Crippen LogP contribution in [-0.2, 0) is 31.4 Å². The molecule has 2 aromatic carbocycles. The number of rotatable bonds is 16. The van der Waals surface area contributed by atoms with E-state index >= 15 is 0 Å². The Morgan fingerprint density at radius 2 is 1.87 bits per heavy atom. The van der Waals surface area contributed by atoms with Gasteiger partial charge in [0.25, 0.3) is 0 Å². The van der Waals surface area contributed by atoms with Crippen LogP contribution in [0.4, 0.5) is 16.0 Å². The summed E-state index contributed by atoms with van der Waals surface area (Å²) in [5, 5.41) is 22.9. The Morgan fingerprint density at radius 1 is 1.05 bits per heavy atom. The summed E-state index contributed by atoms with van der Waals surface area (Å²) in [6.45, 7) is 6.67. The zero-order valence-electron chi connectivity index (χ0n) is 23.2. The van der Waals surface area contributed by atoms with E-state index in [0.29, 0.717) is 31.0 Å². The lowest BCUT2D eigenvalue weighted by atomic mass is 10.0. The third kappa shape index (κ3) is 9.10. The van der Waals surface area contributed by atoms with Crippen molar-refractivity contribution in [1.29, 1.82) is 5.26 Å². The Morgan fingerprint density at radius 3 is 2.54 bits per heavy atom. The summed E-state index contributed by atoms with van der Waals surface area (Å²) < 4.78 is 15.9. The number of carboxylic acid groups (broad SMARTS) is 1. The van der Waals surface area contributed by atoms with Crippen molar-refractivity contribution in [1.82, 2.24) is 14.8 Å². The molecule has 0 aliphatic rings. The van der Waals surface area contributed by atoms with Gasteiger partial charge in [-0.2, -0.15) is 5.26 Å². The molecule has 0 aliphatic carbocycles. The third-order valence-corrected chi connectivity index (χ3v) is 6.70. The molecule has 8 nitrogen and oxygen atoms in total. The van der Waals surface area contributed by atoms with Gasteiger partial charge in [0, 0.05) is 45.3 Å². The van der Waals surface area contributed by atoms with Crippen LogP contribution >= 0.6 is 0 Å². The molecule has 39 heavy (non-hydrogen) atoms. The monoisotopic (exact) mass is 534 g/mol. The van der Waals surface area contributed by atoms with Gasteiger partial charge in [0.1, 0.15) is 12.1 Å². The van der Waals surface area contributed by atoms with Crippen LogP contribution in [0.15, 0.2) is 42.7 Å². The Balaban J connectivity index is 1.94. The number of carboxylic acids is 1. The van der Waals surface area contributed by atoms with E-state index in [0.717, 1.165) is 50.0 Å². The smallest absolute Gasteiger partial charge is 0.303 e. The third-order valence-electron chi connectivity index (χ3n) is 6.70. The molecule has 1 heterocycles. The largest absolute Gasteiger partial charge is 0.481 e. The normalized spacial score (nSPS) is 10.8. The Kier molecular flexibility index (Phi) is 11.3. The van der Waals surface area contributed by atoms with Crippen LogP contribution in [0.2, 0.25) is 0 Å². The minimum absolute atomic E-state index is 0.166. The maximum atomic E-state index is 14.2. The van der Waals surface area contributed by atoms with Gasteiger partial charge in [0.15, 0.2) is 0 Å². The number of hydrogen-bond acceptors (Lipinski definition) is 6. The minimum Gasteiger partial charge on any atom is -0.481 e. The number of nitrogens with zero attached hydrogens (tertiary/aromatic N) is 6. The number of aliphatic carboxylic acids is 1. The first-order valence-electron chi connectivity index (χ1n) is 13.7. The van der Waals surface area contributed by atoms with E-state index in [1.165, 1.54) is 24.1 Å². The van der Waals surface area contributed by atoms with Gasteiger partial charge in [-0.05, 0) is 73.6 Å². The van der Waals surface area contributed by atoms with E-state index in [9.17, 15) is 14.4 Å². The van der Waals surface area contributed by atoms with Gasteiger partial charge in [0.05, 0.1) is 11.6 Å². The Hall–Kier alpha value is -3.93. The summed E-state index contributed by atoms with van der Waals surface area (Å²) in [5.41, 5.74) is 4.41. The lowest BCUT2D eigenvalue weighted by molar-refractivity contribution is -0.137. The van der Waals surface area contributed by atoms with Crippen LogP contribution in [-0.4, -0.2) is 38.9 Å². The average molecular weight is 535 g/mol. The highest BCUT2D eigenvalue weighted by Gasteiger charge is 2.18. The first kappa shape index (κ1) is 29.6. The summed E-state index contributed by atoms with van der Waals surface area (Å²) in [6.07, 6.45) is 7.68. The highest BCUT2D eigenvalue weighted by Crippen LogP contribution is 2.28. The number of anilines is 2. The maximum absolute atomic E-state index is 14.2. The zero-order chi connectivity index (χ0) is 28.2. The van der Waals surface area contributed by atoms with Crippen LogP contribution in [0.3, 0.4) is 0 Å². The van der Waals surface area contributed by atoms with Crippen LogP contribution < -0.4 is 9.80 Å². The molecule has 0 radical (unpaired) electrons. The summed E-state index contributed by atoms with van der Waals surface area (Å²) >= 11 is 0. The number of aryl methyl sites for hydroxylation is 2. The van der Waals surface area contributed by atoms with Gasteiger partial charge in [-0.25, -0.2) is 9.37 Å². The molecule has 0 saturated heterocycles. The highest BCUT2D eigenvalue weighted by molar-refractivity contribution is 5.66. The number of nitriles is 1. The standard InChI is InChI=1S/C30H39FN6O2/c1-4-6-7-10-23-12-13-26(28(18-23)36(5-2)14-9-8-11-29(38)39)21-37(30-33-22-35(3)34-30)20-25-15-24(19-32)16-27(31)17-25/h12-13,15-18,22H,4-11,14,20-21H2,1-3H3,(H,38,39). The topological polar surface area (TPSA) is 98.3 Å². The predicted molar refractivity (Wildman–Crippen MR) is 151 cm³/mol. The maximum Gasteiger partial charge on any atom is 0.303 e. The quantitative estimate of drug-likeness (QED) is 0.230. The number of unbranched alkanes of at least 4 members (excludes halogenated alkanes) is 3. The lowest BCUT2D eigenvalue weighted by Gasteiger charge is -2.29. The van der Waals surface area contributed by atoms with Crippen molar-refractivity contribution in [3.05, 3.63) is 70.8 Å². The highest BCUT2D eigenvalue weighted by atomic mass is 19.1. The average Bonchev–Trinajstić information content (AvgIpc) is 3.35. The molecule has 208 valence electrons. The van der Waals surface area contributed by atoms with E-state index in [1.807, 2.05) is 11.0 Å². The molecule has 3 aromatic rings. The molecule has 0 saturated carbocycles. The number of hydrogen-bond donors (Lipinski definition) is 1. The van der Waals surface area contributed by atoms with Gasteiger partial charge < -0.3 is 14.9 Å². The second-order valence-electron chi connectivity index (χ2n) is 9.88. The first-order valence-corrected chi connectivity index (χ1v) is 13.7. The van der Waals surface area contributed by atoms with Gasteiger partial charge in [-0.3, -0.25) is 9.48 Å². The minimum atomic E-state index is -0.771. The van der Waals surface area contributed by atoms with E-state index in [1.54, 1.807) is 24.1 Å². The fourth-order valence-corrected chi connectivity index (χ4v) is 4.70. The van der Waals surface area contributed by atoms with Crippen molar-refractivity contribution in [2.75, 3.05) is 22.9 Å². The molecule has 0 atom stereocenters. The number of carbonyl (C=O) groups is 1. The van der Waals surface area contributed by atoms with Gasteiger partial charge >= 0.3 is 5.97 Å². The lowest BCUT2D eigenvalue weighted by Crippen LogP contribution is -2.28. The van der Waals surface area contributed by atoms with Gasteiger partial charge in [0.2, 0.25) is 5.95 Å². The molecule has 0 aliphatic heterocycles. The van der Waals surface area contributed by atoms with Gasteiger partial charge in [-0.15, -0.1) is 5.10 Å². The van der Waals surface area contributed by atoms with Crippen molar-refractivity contribution in [3.63, 3.8) is 0 Å². The van der Waals surface area contributed by atoms with Crippen LogP contribution in [0, 0.1) is 17.1 Å². The molecular weight excluding hydrogens is 495 g/mol. The van der Waals surface area contributed by atoms with Crippen molar-refractivity contribution >= 4 is 17.6 Å². The van der Waals surface area contributed by atoms with E-state index < -0.39 is 11.8 Å². The van der Waals surface area contributed by atoms with Crippen LogP contribution in [0.1, 0.15) is 74.6 Å². The molecule has 1 aromatic heterocycles. The molecule has 0 spiro atoms. The van der Waals surface area contributed by atoms with Crippen molar-refractivity contribution in [2.24, 2.45) is 7.05 Å². The molecule has 0 amide bonds. The second kappa shape index (κ2) is 14.9. The Bertz CT molecular complexity index is 1270. The molecule has 9 heteroatoms. The van der Waals surface area contributed by atoms with E-state index in [-0.39, 0.29) is 12.0 Å². The van der Waals surface area contributed by atoms with Crippen LogP contribution in [0.5, 0.6) is 0 Å². The predicted octanol–water partition coefficient (Wildman–Crippen LogP) is 5.85. The van der Waals surface area contributed by atoms with Crippen molar-refractivity contribution in [3.8, 4) is 6.07 Å². The molecule has 0 bridgehead atoms. The molecule has 1 N–H and O–H groups in total. The zero-order valence-corrected chi connectivity index (χ0v) is 23.2. The fraction of sp³-hybridized carbons (Fsp3) is 0.467. The molecule has 3 rings (SSSR count). The summed E-state index contributed by atoms with van der Waals surface area (Å²) in [6, 6.07) is 13.0.